The zero-order valence-electron chi connectivity index (χ0n) is 8.16. The predicted molar refractivity (Wildman–Crippen MR) is 56.6 cm³/mol. The van der Waals surface area contributed by atoms with Crippen LogP contribution in [-0.4, -0.2) is 26.0 Å². The SMILES string of the molecule is Nc1ccc(-n2cc(O)c(C(=O)O)n2)cc1. The molecule has 0 fully saturated rings. The predicted octanol–water partition coefficient (Wildman–Crippen LogP) is 0.858. The summed E-state index contributed by atoms with van der Waals surface area (Å²) in [4.78, 5) is 10.7. The van der Waals surface area contributed by atoms with Crippen molar-refractivity contribution in [2.24, 2.45) is 0 Å². The maximum Gasteiger partial charge on any atom is 0.360 e. The number of nitrogens with zero attached hydrogens (tertiary/aromatic N) is 2. The fraction of sp³-hybridized carbons (Fsp3) is 0. The molecule has 16 heavy (non-hydrogen) atoms. The standard InChI is InChI=1S/C10H9N3O3/c11-6-1-3-7(4-2-6)13-5-8(14)9(12-13)10(15)16/h1-5,14H,11H2,(H,15,16). The molecular formula is C10H9N3O3. The zero-order valence-corrected chi connectivity index (χ0v) is 8.16. The van der Waals surface area contributed by atoms with Crippen molar-refractivity contribution in [1.82, 2.24) is 9.78 Å². The van der Waals surface area contributed by atoms with Gasteiger partial charge in [-0.25, -0.2) is 9.48 Å². The first kappa shape index (κ1) is 10.0. The van der Waals surface area contributed by atoms with Crippen LogP contribution in [-0.2, 0) is 0 Å². The first-order valence-electron chi connectivity index (χ1n) is 4.46. The number of hydrogen-bond acceptors (Lipinski definition) is 4. The number of aromatic hydroxyl groups is 1. The lowest BCUT2D eigenvalue weighted by atomic mass is 10.3. The maximum absolute atomic E-state index is 10.7. The number of carboxylic acid groups (broad SMARTS) is 1. The quantitative estimate of drug-likeness (QED) is 0.650. The van der Waals surface area contributed by atoms with E-state index in [2.05, 4.69) is 5.10 Å². The van der Waals surface area contributed by atoms with Crippen LogP contribution >= 0.6 is 0 Å². The summed E-state index contributed by atoms with van der Waals surface area (Å²) < 4.78 is 1.28. The second-order valence-electron chi connectivity index (χ2n) is 3.20. The van der Waals surface area contributed by atoms with Crippen LogP contribution in [0.5, 0.6) is 5.75 Å². The van der Waals surface area contributed by atoms with Gasteiger partial charge in [0.2, 0.25) is 5.69 Å². The lowest BCUT2D eigenvalue weighted by Crippen LogP contribution is -2.01. The second-order valence-corrected chi connectivity index (χ2v) is 3.20. The smallest absolute Gasteiger partial charge is 0.360 e. The van der Waals surface area contributed by atoms with Crippen LogP contribution in [0.1, 0.15) is 10.5 Å². The molecule has 2 rings (SSSR count). The van der Waals surface area contributed by atoms with Crippen LogP contribution in [0, 0.1) is 0 Å². The van der Waals surface area contributed by atoms with Gasteiger partial charge in [0.05, 0.1) is 11.9 Å². The Bertz CT molecular complexity index is 531. The van der Waals surface area contributed by atoms with Crippen molar-refractivity contribution < 1.29 is 15.0 Å². The van der Waals surface area contributed by atoms with Crippen LogP contribution in [0.25, 0.3) is 5.69 Å². The number of carboxylic acids is 1. The van der Waals surface area contributed by atoms with Gasteiger partial charge in [-0.15, -0.1) is 0 Å². The second kappa shape index (κ2) is 3.58. The van der Waals surface area contributed by atoms with Gasteiger partial charge in [-0.2, -0.15) is 5.10 Å². The summed E-state index contributed by atoms with van der Waals surface area (Å²) in [5, 5.41) is 21.8. The molecule has 6 heteroatoms. The van der Waals surface area contributed by atoms with E-state index in [-0.39, 0.29) is 11.4 Å². The van der Waals surface area contributed by atoms with Gasteiger partial charge in [0.1, 0.15) is 0 Å². The molecule has 0 aliphatic rings. The molecule has 0 unspecified atom stereocenters. The van der Waals surface area contributed by atoms with E-state index >= 15 is 0 Å². The van der Waals surface area contributed by atoms with Gasteiger partial charge in [-0.05, 0) is 24.3 Å². The Hall–Kier alpha value is -2.50. The Morgan fingerprint density at radius 1 is 1.31 bits per heavy atom. The molecule has 4 N–H and O–H groups in total. The molecule has 1 aromatic carbocycles. The molecule has 82 valence electrons. The van der Waals surface area contributed by atoms with Crippen LogP contribution in [0.2, 0.25) is 0 Å². The number of aromatic carboxylic acids is 1. The number of anilines is 1. The van der Waals surface area contributed by atoms with Gasteiger partial charge in [-0.3, -0.25) is 0 Å². The molecule has 1 aromatic heterocycles. The molecule has 0 amide bonds. The third-order valence-electron chi connectivity index (χ3n) is 2.06. The number of aromatic nitrogens is 2. The summed E-state index contributed by atoms with van der Waals surface area (Å²) in [5.41, 5.74) is 6.36. The fourth-order valence-corrected chi connectivity index (χ4v) is 1.28. The molecule has 0 saturated heterocycles. The van der Waals surface area contributed by atoms with E-state index in [1.165, 1.54) is 10.9 Å². The molecule has 0 aliphatic heterocycles. The van der Waals surface area contributed by atoms with Crippen molar-refractivity contribution in [2.45, 2.75) is 0 Å². The normalized spacial score (nSPS) is 10.2. The van der Waals surface area contributed by atoms with Gasteiger partial charge in [0.25, 0.3) is 0 Å². The number of nitrogen functional groups attached to an aromatic ring is 1. The Morgan fingerprint density at radius 2 is 1.94 bits per heavy atom. The topological polar surface area (TPSA) is 101 Å². The molecule has 1 heterocycles. The summed E-state index contributed by atoms with van der Waals surface area (Å²) in [6, 6.07) is 6.67. The van der Waals surface area contributed by atoms with E-state index in [4.69, 9.17) is 10.8 Å². The van der Waals surface area contributed by atoms with Crippen molar-refractivity contribution in [2.75, 3.05) is 5.73 Å². The van der Waals surface area contributed by atoms with Crippen molar-refractivity contribution in [1.29, 1.82) is 0 Å². The number of carbonyl (C=O) groups is 1. The maximum atomic E-state index is 10.7. The van der Waals surface area contributed by atoms with E-state index in [1.807, 2.05) is 0 Å². The zero-order chi connectivity index (χ0) is 11.7. The highest BCUT2D eigenvalue weighted by atomic mass is 16.4. The highest BCUT2D eigenvalue weighted by Gasteiger charge is 2.15. The van der Waals surface area contributed by atoms with Crippen LogP contribution in [0.4, 0.5) is 5.69 Å². The van der Waals surface area contributed by atoms with Crippen molar-refractivity contribution in [3.05, 3.63) is 36.2 Å². The molecule has 0 aliphatic carbocycles. The summed E-state index contributed by atoms with van der Waals surface area (Å²) in [7, 11) is 0. The number of nitrogens with two attached hydrogens (primary N) is 1. The molecule has 0 radical (unpaired) electrons. The summed E-state index contributed by atoms with van der Waals surface area (Å²) in [5.74, 6) is -1.64. The third-order valence-corrected chi connectivity index (χ3v) is 2.06. The molecule has 2 aromatic rings. The summed E-state index contributed by atoms with van der Waals surface area (Å²) in [6.07, 6.45) is 1.23. The van der Waals surface area contributed by atoms with Gasteiger partial charge < -0.3 is 15.9 Å². The Labute approximate surface area is 90.6 Å². The summed E-state index contributed by atoms with van der Waals surface area (Å²) >= 11 is 0. The highest BCUT2D eigenvalue weighted by Crippen LogP contribution is 2.18. The Morgan fingerprint density at radius 3 is 2.44 bits per heavy atom. The average molecular weight is 219 g/mol. The molecule has 0 spiro atoms. The van der Waals surface area contributed by atoms with Gasteiger partial charge in [0.15, 0.2) is 5.75 Å². The van der Waals surface area contributed by atoms with E-state index in [1.54, 1.807) is 24.3 Å². The molecule has 0 atom stereocenters. The van der Waals surface area contributed by atoms with Crippen LogP contribution < -0.4 is 5.73 Å². The van der Waals surface area contributed by atoms with Gasteiger partial charge in [0, 0.05) is 5.69 Å². The molecular weight excluding hydrogens is 210 g/mol. The highest BCUT2D eigenvalue weighted by molar-refractivity contribution is 5.88. The van der Waals surface area contributed by atoms with Crippen molar-refractivity contribution in [3.8, 4) is 11.4 Å². The fourth-order valence-electron chi connectivity index (χ4n) is 1.28. The average Bonchev–Trinajstić information content (AvgIpc) is 2.61. The number of benzene rings is 1. The lowest BCUT2D eigenvalue weighted by molar-refractivity contribution is 0.0687. The van der Waals surface area contributed by atoms with Gasteiger partial charge in [-0.1, -0.05) is 0 Å². The monoisotopic (exact) mass is 219 g/mol. The van der Waals surface area contributed by atoms with Gasteiger partial charge >= 0.3 is 5.97 Å². The number of hydrogen-bond donors (Lipinski definition) is 3. The molecule has 6 nitrogen and oxygen atoms in total. The van der Waals surface area contributed by atoms with E-state index in [0.717, 1.165) is 0 Å². The van der Waals surface area contributed by atoms with Crippen LogP contribution in [0.15, 0.2) is 30.5 Å². The van der Waals surface area contributed by atoms with Crippen LogP contribution in [0.3, 0.4) is 0 Å². The van der Waals surface area contributed by atoms with E-state index in [9.17, 15) is 9.90 Å². The van der Waals surface area contributed by atoms with E-state index in [0.29, 0.717) is 11.4 Å². The minimum absolute atomic E-state index is 0.371. The summed E-state index contributed by atoms with van der Waals surface area (Å²) in [6.45, 7) is 0. The Kier molecular flexibility index (Phi) is 2.24. The van der Waals surface area contributed by atoms with Crippen molar-refractivity contribution >= 4 is 11.7 Å². The first-order valence-corrected chi connectivity index (χ1v) is 4.46. The molecule has 0 bridgehead atoms. The minimum Gasteiger partial charge on any atom is -0.504 e. The van der Waals surface area contributed by atoms with Crippen molar-refractivity contribution in [3.63, 3.8) is 0 Å². The van der Waals surface area contributed by atoms with E-state index < -0.39 is 5.97 Å². The largest absolute Gasteiger partial charge is 0.504 e. The molecule has 0 saturated carbocycles. The first-order chi connectivity index (χ1) is 7.58. The minimum atomic E-state index is -1.27. The Balaban J connectivity index is 2.45. The lowest BCUT2D eigenvalue weighted by Gasteiger charge is -2.00. The third kappa shape index (κ3) is 1.68. The number of rotatable bonds is 2.